The first-order valence-corrected chi connectivity index (χ1v) is 7.12. The quantitative estimate of drug-likeness (QED) is 0.640. The summed E-state index contributed by atoms with van der Waals surface area (Å²) >= 11 is 0. The van der Waals surface area contributed by atoms with Gasteiger partial charge in [0.2, 0.25) is 5.88 Å². The lowest BCUT2D eigenvalue weighted by Crippen LogP contribution is -1.95. The van der Waals surface area contributed by atoms with E-state index < -0.39 is 0 Å². The number of hydrogen-bond donors (Lipinski definition) is 0. The maximum atomic E-state index is 5.83. The van der Waals surface area contributed by atoms with E-state index >= 15 is 0 Å². The van der Waals surface area contributed by atoms with Crippen molar-refractivity contribution >= 4 is 0 Å². The standard InChI is InChI=1S/C19H16N2O/c1-2-8-16-11-6-7-12-18(16)22-19-14-13-17(20-21-19)15-9-4-3-5-10-15/h2-7,9-14H,1,8H2. The lowest BCUT2D eigenvalue weighted by atomic mass is 10.1. The Bertz CT molecular complexity index is 752. The number of nitrogens with zero attached hydrogens (tertiary/aromatic N) is 2. The molecule has 2 aromatic carbocycles. The van der Waals surface area contributed by atoms with Crippen molar-refractivity contribution in [3.63, 3.8) is 0 Å². The highest BCUT2D eigenvalue weighted by Gasteiger charge is 2.05. The second-order valence-electron chi connectivity index (χ2n) is 4.83. The molecular formula is C19H16N2O. The minimum atomic E-state index is 0.483. The summed E-state index contributed by atoms with van der Waals surface area (Å²) in [6, 6.07) is 21.5. The molecule has 0 aliphatic heterocycles. The van der Waals surface area contributed by atoms with Crippen LogP contribution in [0.4, 0.5) is 0 Å². The Balaban J connectivity index is 1.81. The lowest BCUT2D eigenvalue weighted by Gasteiger charge is -2.09. The Morgan fingerprint density at radius 3 is 2.36 bits per heavy atom. The highest BCUT2D eigenvalue weighted by molar-refractivity contribution is 5.58. The lowest BCUT2D eigenvalue weighted by molar-refractivity contribution is 0.451. The molecule has 0 spiro atoms. The van der Waals surface area contributed by atoms with Gasteiger partial charge in [-0.3, -0.25) is 0 Å². The van der Waals surface area contributed by atoms with E-state index in [1.54, 1.807) is 0 Å². The molecule has 0 aliphatic carbocycles. The Morgan fingerprint density at radius 1 is 0.864 bits per heavy atom. The average Bonchev–Trinajstić information content (AvgIpc) is 2.58. The first-order valence-electron chi connectivity index (χ1n) is 7.12. The highest BCUT2D eigenvalue weighted by Crippen LogP contribution is 2.25. The maximum Gasteiger partial charge on any atom is 0.238 e. The van der Waals surface area contributed by atoms with Crippen molar-refractivity contribution in [1.82, 2.24) is 10.2 Å². The van der Waals surface area contributed by atoms with Gasteiger partial charge < -0.3 is 4.74 Å². The number of hydrogen-bond acceptors (Lipinski definition) is 3. The van der Waals surface area contributed by atoms with Crippen LogP contribution in [0.25, 0.3) is 11.3 Å². The van der Waals surface area contributed by atoms with Gasteiger partial charge in [0.15, 0.2) is 0 Å². The molecule has 0 saturated carbocycles. The molecule has 3 heteroatoms. The fraction of sp³-hybridized carbons (Fsp3) is 0.0526. The summed E-state index contributed by atoms with van der Waals surface area (Å²) in [7, 11) is 0. The van der Waals surface area contributed by atoms with Crippen LogP contribution in [0.1, 0.15) is 5.56 Å². The summed E-state index contributed by atoms with van der Waals surface area (Å²) < 4.78 is 5.83. The monoisotopic (exact) mass is 288 g/mol. The van der Waals surface area contributed by atoms with Gasteiger partial charge in [-0.15, -0.1) is 16.8 Å². The number of rotatable bonds is 5. The highest BCUT2D eigenvalue weighted by atomic mass is 16.5. The van der Waals surface area contributed by atoms with E-state index in [9.17, 15) is 0 Å². The normalized spacial score (nSPS) is 10.2. The van der Waals surface area contributed by atoms with Crippen molar-refractivity contribution in [2.24, 2.45) is 0 Å². The third-order valence-electron chi connectivity index (χ3n) is 3.26. The molecular weight excluding hydrogens is 272 g/mol. The minimum absolute atomic E-state index is 0.483. The summed E-state index contributed by atoms with van der Waals surface area (Å²) in [4.78, 5) is 0. The average molecular weight is 288 g/mol. The van der Waals surface area contributed by atoms with Crippen LogP contribution in [0.5, 0.6) is 11.6 Å². The van der Waals surface area contributed by atoms with E-state index in [1.165, 1.54) is 0 Å². The SMILES string of the molecule is C=CCc1ccccc1Oc1ccc(-c2ccccc2)nn1. The van der Waals surface area contributed by atoms with Gasteiger partial charge in [-0.1, -0.05) is 54.6 Å². The van der Waals surface area contributed by atoms with Crippen molar-refractivity contribution in [3.05, 3.63) is 84.9 Å². The molecule has 1 heterocycles. The van der Waals surface area contributed by atoms with E-state index in [2.05, 4.69) is 16.8 Å². The molecule has 0 saturated heterocycles. The van der Waals surface area contributed by atoms with Crippen LogP contribution in [0, 0.1) is 0 Å². The van der Waals surface area contributed by atoms with Gasteiger partial charge in [0.05, 0.1) is 5.69 Å². The zero-order valence-electron chi connectivity index (χ0n) is 12.1. The first kappa shape index (κ1) is 14.0. The molecule has 3 rings (SSSR count). The first-order chi connectivity index (χ1) is 10.9. The van der Waals surface area contributed by atoms with Crippen LogP contribution < -0.4 is 4.74 Å². The molecule has 0 aliphatic rings. The number of ether oxygens (including phenoxy) is 1. The van der Waals surface area contributed by atoms with Crippen LogP contribution >= 0.6 is 0 Å². The zero-order chi connectivity index (χ0) is 15.2. The fourth-order valence-corrected chi connectivity index (χ4v) is 2.18. The molecule has 1 aromatic heterocycles. The van der Waals surface area contributed by atoms with Gasteiger partial charge in [-0.25, -0.2) is 0 Å². The molecule has 0 N–H and O–H groups in total. The van der Waals surface area contributed by atoms with Crippen LogP contribution in [0.15, 0.2) is 79.4 Å². The molecule has 0 atom stereocenters. The summed E-state index contributed by atoms with van der Waals surface area (Å²) in [6.45, 7) is 3.77. The van der Waals surface area contributed by atoms with E-state index in [4.69, 9.17) is 4.74 Å². The molecule has 3 nitrogen and oxygen atoms in total. The predicted octanol–water partition coefficient (Wildman–Crippen LogP) is 4.66. The Kier molecular flexibility index (Phi) is 4.25. The number of benzene rings is 2. The van der Waals surface area contributed by atoms with Crippen LogP contribution in [0.2, 0.25) is 0 Å². The Labute approximate surface area is 129 Å². The van der Waals surface area contributed by atoms with Crippen LogP contribution in [0.3, 0.4) is 0 Å². The van der Waals surface area contributed by atoms with Crippen molar-refractivity contribution in [1.29, 1.82) is 0 Å². The van der Waals surface area contributed by atoms with Crippen molar-refractivity contribution in [2.45, 2.75) is 6.42 Å². The summed E-state index contributed by atoms with van der Waals surface area (Å²) in [5, 5.41) is 8.38. The Morgan fingerprint density at radius 2 is 1.64 bits per heavy atom. The third kappa shape index (κ3) is 3.20. The van der Waals surface area contributed by atoms with Crippen LogP contribution in [-0.4, -0.2) is 10.2 Å². The largest absolute Gasteiger partial charge is 0.437 e. The van der Waals surface area contributed by atoms with Gasteiger partial charge in [-0.05, 0) is 24.1 Å². The summed E-state index contributed by atoms with van der Waals surface area (Å²) in [5.41, 5.74) is 2.94. The van der Waals surface area contributed by atoms with Gasteiger partial charge in [0.1, 0.15) is 5.75 Å². The summed E-state index contributed by atoms with van der Waals surface area (Å²) in [5.74, 6) is 1.26. The van der Waals surface area contributed by atoms with Crippen molar-refractivity contribution in [2.75, 3.05) is 0 Å². The molecule has 0 amide bonds. The van der Waals surface area contributed by atoms with E-state index in [-0.39, 0.29) is 0 Å². The van der Waals surface area contributed by atoms with Gasteiger partial charge in [0.25, 0.3) is 0 Å². The minimum Gasteiger partial charge on any atom is -0.437 e. The fourth-order valence-electron chi connectivity index (χ4n) is 2.18. The molecule has 3 aromatic rings. The molecule has 108 valence electrons. The molecule has 0 bridgehead atoms. The van der Waals surface area contributed by atoms with E-state index in [0.717, 1.165) is 29.0 Å². The van der Waals surface area contributed by atoms with E-state index in [1.807, 2.05) is 72.8 Å². The van der Waals surface area contributed by atoms with E-state index in [0.29, 0.717) is 5.88 Å². The molecule has 0 fully saturated rings. The molecule has 0 unspecified atom stereocenters. The smallest absolute Gasteiger partial charge is 0.238 e. The maximum absolute atomic E-state index is 5.83. The van der Waals surface area contributed by atoms with Crippen molar-refractivity contribution in [3.8, 4) is 22.9 Å². The predicted molar refractivity (Wildman–Crippen MR) is 87.9 cm³/mol. The van der Waals surface area contributed by atoms with Gasteiger partial charge in [0, 0.05) is 11.6 Å². The van der Waals surface area contributed by atoms with Crippen LogP contribution in [-0.2, 0) is 6.42 Å². The second kappa shape index (κ2) is 6.68. The number of para-hydroxylation sites is 1. The topological polar surface area (TPSA) is 35.0 Å². The number of aromatic nitrogens is 2. The zero-order valence-corrected chi connectivity index (χ0v) is 12.1. The van der Waals surface area contributed by atoms with Crippen molar-refractivity contribution < 1.29 is 4.74 Å². The summed E-state index contributed by atoms with van der Waals surface area (Å²) in [6.07, 6.45) is 2.61. The van der Waals surface area contributed by atoms with Gasteiger partial charge >= 0.3 is 0 Å². The third-order valence-corrected chi connectivity index (χ3v) is 3.26. The van der Waals surface area contributed by atoms with Gasteiger partial charge in [-0.2, -0.15) is 0 Å². The second-order valence-corrected chi connectivity index (χ2v) is 4.83. The molecule has 0 radical (unpaired) electrons. The molecule has 22 heavy (non-hydrogen) atoms. The number of allylic oxidation sites excluding steroid dienone is 1. The Hall–Kier alpha value is -2.94.